The summed E-state index contributed by atoms with van der Waals surface area (Å²) < 4.78 is 0. The Balaban J connectivity index is 1.92. The van der Waals surface area contributed by atoms with Gasteiger partial charge in [-0.25, -0.2) is 4.98 Å². The summed E-state index contributed by atoms with van der Waals surface area (Å²) in [6.45, 7) is 7.58. The third-order valence-corrected chi connectivity index (χ3v) is 4.59. The van der Waals surface area contributed by atoms with Crippen LogP contribution in [0.15, 0.2) is 47.6 Å². The molecule has 2 nitrogen and oxygen atoms in total. The number of aryl methyl sites for hydroxylation is 1. The van der Waals surface area contributed by atoms with Gasteiger partial charge in [0.15, 0.2) is 0 Å². The topological polar surface area (TPSA) is 24.9 Å². The number of hydrogen-bond acceptors (Lipinski definition) is 3. The number of nitrogens with one attached hydrogen (secondary N) is 1. The molecule has 3 heteroatoms. The molecular formula is C18H24N2S. The maximum Gasteiger partial charge on any atom is 0.0963 e. The van der Waals surface area contributed by atoms with Crippen LogP contribution in [0.25, 0.3) is 0 Å². The predicted molar refractivity (Wildman–Crippen MR) is 91.7 cm³/mol. The number of nitrogens with zero attached hydrogens (tertiary/aromatic N) is 1. The summed E-state index contributed by atoms with van der Waals surface area (Å²) >= 11 is 1.79. The van der Waals surface area contributed by atoms with Gasteiger partial charge in [0.1, 0.15) is 0 Å². The average molecular weight is 300 g/mol. The Morgan fingerprint density at radius 3 is 2.67 bits per heavy atom. The van der Waals surface area contributed by atoms with Gasteiger partial charge in [-0.3, -0.25) is 0 Å². The molecule has 0 fully saturated rings. The van der Waals surface area contributed by atoms with E-state index in [-0.39, 0.29) is 0 Å². The van der Waals surface area contributed by atoms with Gasteiger partial charge in [-0.15, -0.1) is 11.8 Å². The second-order valence-electron chi connectivity index (χ2n) is 5.32. The summed E-state index contributed by atoms with van der Waals surface area (Å²) in [5.74, 6) is 0.975. The first-order chi connectivity index (χ1) is 10.2. The third kappa shape index (κ3) is 4.87. The van der Waals surface area contributed by atoms with Gasteiger partial charge in [-0.2, -0.15) is 0 Å². The van der Waals surface area contributed by atoms with Crippen molar-refractivity contribution in [3.63, 3.8) is 0 Å². The Kier molecular flexibility index (Phi) is 6.27. The van der Waals surface area contributed by atoms with Crippen LogP contribution in [0.5, 0.6) is 0 Å². The summed E-state index contributed by atoms with van der Waals surface area (Å²) in [6.07, 6.45) is 3.15. The van der Waals surface area contributed by atoms with Crippen LogP contribution in [0.4, 0.5) is 0 Å². The molecule has 0 amide bonds. The smallest absolute Gasteiger partial charge is 0.0963 e. The Morgan fingerprint density at radius 2 is 2.00 bits per heavy atom. The highest BCUT2D eigenvalue weighted by Crippen LogP contribution is 2.23. The second kappa shape index (κ2) is 8.20. The van der Waals surface area contributed by atoms with Crippen LogP contribution in [-0.2, 0) is 5.75 Å². The van der Waals surface area contributed by atoms with E-state index in [4.69, 9.17) is 0 Å². The zero-order valence-corrected chi connectivity index (χ0v) is 13.9. The van der Waals surface area contributed by atoms with E-state index < -0.39 is 0 Å². The molecule has 112 valence electrons. The second-order valence-corrected chi connectivity index (χ2v) is 6.32. The molecule has 0 saturated heterocycles. The Hall–Kier alpha value is -1.32. The van der Waals surface area contributed by atoms with Crippen LogP contribution in [0, 0.1) is 6.92 Å². The van der Waals surface area contributed by atoms with Crippen molar-refractivity contribution in [1.29, 1.82) is 0 Å². The number of rotatable bonds is 7. The lowest BCUT2D eigenvalue weighted by molar-refractivity contribution is 0.568. The zero-order valence-electron chi connectivity index (χ0n) is 13.1. The van der Waals surface area contributed by atoms with Gasteiger partial charge in [0.05, 0.1) is 5.03 Å². The van der Waals surface area contributed by atoms with E-state index in [0.717, 1.165) is 23.7 Å². The molecule has 0 aliphatic heterocycles. The van der Waals surface area contributed by atoms with Crippen LogP contribution in [-0.4, -0.2) is 11.5 Å². The quantitative estimate of drug-likeness (QED) is 0.747. The maximum atomic E-state index is 4.58. The van der Waals surface area contributed by atoms with E-state index in [2.05, 4.69) is 67.5 Å². The highest BCUT2D eigenvalue weighted by molar-refractivity contribution is 7.98. The van der Waals surface area contributed by atoms with E-state index in [9.17, 15) is 0 Å². The van der Waals surface area contributed by atoms with Crippen molar-refractivity contribution >= 4 is 11.8 Å². The minimum atomic E-state index is 0.368. The summed E-state index contributed by atoms with van der Waals surface area (Å²) in [4.78, 5) is 4.58. The van der Waals surface area contributed by atoms with Crippen LogP contribution in [0.2, 0.25) is 0 Å². The van der Waals surface area contributed by atoms with Crippen molar-refractivity contribution in [3.05, 3.63) is 59.3 Å². The SMILES string of the molecule is CCCNC(C)c1ccc(SCc2ccccc2C)nc1. The van der Waals surface area contributed by atoms with Gasteiger partial charge >= 0.3 is 0 Å². The van der Waals surface area contributed by atoms with Crippen molar-refractivity contribution in [1.82, 2.24) is 10.3 Å². The van der Waals surface area contributed by atoms with Gasteiger partial charge in [0, 0.05) is 18.0 Å². The van der Waals surface area contributed by atoms with Crippen molar-refractivity contribution in [3.8, 4) is 0 Å². The standard InChI is InChI=1S/C18H24N2S/c1-4-11-19-15(3)16-9-10-18(20-12-16)21-13-17-8-6-5-7-14(17)2/h5-10,12,15,19H,4,11,13H2,1-3H3. The van der Waals surface area contributed by atoms with Crippen LogP contribution >= 0.6 is 11.8 Å². The van der Waals surface area contributed by atoms with E-state index in [1.165, 1.54) is 16.7 Å². The first kappa shape index (κ1) is 16.1. The molecule has 0 bridgehead atoms. The number of thioether (sulfide) groups is 1. The summed E-state index contributed by atoms with van der Waals surface area (Å²) in [5.41, 5.74) is 3.98. The van der Waals surface area contributed by atoms with Crippen LogP contribution < -0.4 is 5.32 Å². The summed E-state index contributed by atoms with van der Waals surface area (Å²) in [6, 6.07) is 13.2. The molecule has 1 unspecified atom stereocenters. The molecule has 0 aliphatic carbocycles. The third-order valence-electron chi connectivity index (χ3n) is 3.60. The van der Waals surface area contributed by atoms with Crippen LogP contribution in [0.1, 0.15) is 43.0 Å². The lowest BCUT2D eigenvalue weighted by atomic mass is 10.1. The normalized spacial score (nSPS) is 12.3. The van der Waals surface area contributed by atoms with Crippen molar-refractivity contribution in [2.24, 2.45) is 0 Å². The summed E-state index contributed by atoms with van der Waals surface area (Å²) in [5, 5.41) is 4.57. The number of benzene rings is 1. The minimum absolute atomic E-state index is 0.368. The molecule has 1 aromatic heterocycles. The average Bonchev–Trinajstić information content (AvgIpc) is 2.52. The highest BCUT2D eigenvalue weighted by atomic mass is 32.2. The fourth-order valence-electron chi connectivity index (χ4n) is 2.14. The van der Waals surface area contributed by atoms with E-state index in [1.54, 1.807) is 11.8 Å². The first-order valence-corrected chi connectivity index (χ1v) is 8.56. The first-order valence-electron chi connectivity index (χ1n) is 7.57. The predicted octanol–water partition coefficient (Wildman–Crippen LogP) is 4.74. The Bertz CT molecular complexity index is 551. The molecule has 1 heterocycles. The molecule has 1 aromatic carbocycles. The van der Waals surface area contributed by atoms with Crippen molar-refractivity contribution in [2.45, 2.75) is 44.0 Å². The fraction of sp³-hybridized carbons (Fsp3) is 0.389. The van der Waals surface area contributed by atoms with Gasteiger partial charge in [0.2, 0.25) is 0 Å². The zero-order chi connectivity index (χ0) is 15.1. The van der Waals surface area contributed by atoms with E-state index in [0.29, 0.717) is 6.04 Å². The summed E-state index contributed by atoms with van der Waals surface area (Å²) in [7, 11) is 0. The largest absolute Gasteiger partial charge is 0.310 e. The Morgan fingerprint density at radius 1 is 1.19 bits per heavy atom. The molecule has 0 saturated carbocycles. The number of hydrogen-bond donors (Lipinski definition) is 1. The lowest BCUT2D eigenvalue weighted by Crippen LogP contribution is -2.19. The van der Waals surface area contributed by atoms with Crippen molar-refractivity contribution < 1.29 is 0 Å². The number of aromatic nitrogens is 1. The minimum Gasteiger partial charge on any atom is -0.310 e. The van der Waals surface area contributed by atoms with Gasteiger partial charge in [0.25, 0.3) is 0 Å². The maximum absolute atomic E-state index is 4.58. The lowest BCUT2D eigenvalue weighted by Gasteiger charge is -2.13. The molecule has 2 rings (SSSR count). The highest BCUT2D eigenvalue weighted by Gasteiger charge is 2.05. The monoisotopic (exact) mass is 300 g/mol. The molecule has 0 spiro atoms. The van der Waals surface area contributed by atoms with E-state index >= 15 is 0 Å². The van der Waals surface area contributed by atoms with Crippen LogP contribution in [0.3, 0.4) is 0 Å². The van der Waals surface area contributed by atoms with Gasteiger partial charge in [-0.05, 0) is 49.6 Å². The van der Waals surface area contributed by atoms with Gasteiger partial charge in [-0.1, -0.05) is 37.3 Å². The molecule has 2 aromatic rings. The molecular weight excluding hydrogens is 276 g/mol. The molecule has 1 atom stereocenters. The van der Waals surface area contributed by atoms with Gasteiger partial charge < -0.3 is 5.32 Å². The van der Waals surface area contributed by atoms with E-state index in [1.807, 2.05) is 6.20 Å². The van der Waals surface area contributed by atoms with Crippen molar-refractivity contribution in [2.75, 3.05) is 6.54 Å². The fourth-order valence-corrected chi connectivity index (χ4v) is 3.05. The molecule has 1 N–H and O–H groups in total. The molecule has 0 radical (unpaired) electrons. The Labute approximate surface area is 132 Å². The molecule has 21 heavy (non-hydrogen) atoms. The number of pyridine rings is 1. The molecule has 0 aliphatic rings.